The van der Waals surface area contributed by atoms with Crippen LogP contribution in [0.25, 0.3) is 10.4 Å². The molecule has 3 rings (SSSR count). The van der Waals surface area contributed by atoms with Gasteiger partial charge in [0.25, 0.3) is 5.91 Å². The number of carbonyl (C=O) groups is 2. The monoisotopic (exact) mass is 422 g/mol. The normalized spacial score (nSPS) is 20.2. The SMILES string of the molecule is CCOC(=O)C1CCCC(N=[N+]=[N-])C1NC(=O)c1ccc(OCc2ccccc2)cc1. The molecule has 3 atom stereocenters. The minimum absolute atomic E-state index is 0.257. The maximum absolute atomic E-state index is 12.8. The van der Waals surface area contributed by atoms with Gasteiger partial charge in [0.15, 0.2) is 0 Å². The third-order valence-corrected chi connectivity index (χ3v) is 5.31. The molecule has 1 saturated carbocycles. The van der Waals surface area contributed by atoms with Crippen molar-refractivity contribution in [1.29, 1.82) is 0 Å². The lowest BCUT2D eigenvalue weighted by atomic mass is 9.81. The Hall–Kier alpha value is -3.51. The third kappa shape index (κ3) is 5.99. The smallest absolute Gasteiger partial charge is 0.311 e. The van der Waals surface area contributed by atoms with Crippen LogP contribution >= 0.6 is 0 Å². The molecule has 8 heteroatoms. The van der Waals surface area contributed by atoms with E-state index in [0.717, 1.165) is 12.0 Å². The first-order valence-corrected chi connectivity index (χ1v) is 10.4. The van der Waals surface area contributed by atoms with Crippen LogP contribution in [0.3, 0.4) is 0 Å². The topological polar surface area (TPSA) is 113 Å². The molecule has 1 amide bonds. The summed E-state index contributed by atoms with van der Waals surface area (Å²) in [5, 5.41) is 6.70. The van der Waals surface area contributed by atoms with Crippen molar-refractivity contribution in [3.05, 3.63) is 76.2 Å². The highest BCUT2D eigenvalue weighted by atomic mass is 16.5. The number of esters is 1. The van der Waals surface area contributed by atoms with E-state index in [0.29, 0.717) is 30.8 Å². The Kier molecular flexibility index (Phi) is 7.90. The zero-order chi connectivity index (χ0) is 22.1. The number of rotatable bonds is 8. The molecule has 0 bridgehead atoms. The Bertz CT molecular complexity index is 926. The first-order chi connectivity index (χ1) is 15.1. The van der Waals surface area contributed by atoms with Crippen LogP contribution in [0.1, 0.15) is 42.1 Å². The lowest BCUT2D eigenvalue weighted by Crippen LogP contribution is -2.52. The molecule has 0 saturated heterocycles. The summed E-state index contributed by atoms with van der Waals surface area (Å²) in [7, 11) is 0. The van der Waals surface area contributed by atoms with Crippen molar-refractivity contribution in [2.24, 2.45) is 11.0 Å². The standard InChI is InChI=1S/C23H26N4O4/c1-2-30-23(29)19-9-6-10-20(26-27-24)21(19)25-22(28)17-11-13-18(14-12-17)31-15-16-7-4-3-5-8-16/h3-5,7-8,11-14,19-21H,2,6,9-10,15H2,1H3,(H,25,28). The molecule has 0 heterocycles. The number of ether oxygens (including phenoxy) is 2. The minimum atomic E-state index is -0.606. The van der Waals surface area contributed by atoms with Crippen molar-refractivity contribution >= 4 is 11.9 Å². The first-order valence-electron chi connectivity index (χ1n) is 10.4. The highest BCUT2D eigenvalue weighted by molar-refractivity contribution is 5.95. The molecule has 8 nitrogen and oxygen atoms in total. The number of nitrogens with one attached hydrogen (secondary N) is 1. The number of benzene rings is 2. The van der Waals surface area contributed by atoms with E-state index in [9.17, 15) is 9.59 Å². The summed E-state index contributed by atoms with van der Waals surface area (Å²) in [6, 6.07) is 15.5. The van der Waals surface area contributed by atoms with Crippen molar-refractivity contribution in [1.82, 2.24) is 5.32 Å². The molecule has 1 fully saturated rings. The Morgan fingerprint density at radius 2 is 1.87 bits per heavy atom. The van der Waals surface area contributed by atoms with Crippen LogP contribution in [0.4, 0.5) is 0 Å². The number of carbonyl (C=O) groups excluding carboxylic acids is 2. The highest BCUT2D eigenvalue weighted by Crippen LogP contribution is 2.29. The summed E-state index contributed by atoms with van der Waals surface area (Å²) in [6.45, 7) is 2.43. The van der Waals surface area contributed by atoms with Gasteiger partial charge in [-0.15, -0.1) is 0 Å². The summed E-state index contributed by atoms with van der Waals surface area (Å²) < 4.78 is 10.9. The van der Waals surface area contributed by atoms with Crippen molar-refractivity contribution < 1.29 is 19.1 Å². The summed E-state index contributed by atoms with van der Waals surface area (Å²) >= 11 is 0. The van der Waals surface area contributed by atoms with Gasteiger partial charge in [-0.05, 0) is 55.1 Å². The summed E-state index contributed by atoms with van der Waals surface area (Å²) in [6.07, 6.45) is 1.91. The van der Waals surface area contributed by atoms with E-state index in [1.165, 1.54) is 0 Å². The van der Waals surface area contributed by atoms with Crippen molar-refractivity contribution in [3.8, 4) is 5.75 Å². The molecule has 31 heavy (non-hydrogen) atoms. The Labute approximate surface area is 181 Å². The zero-order valence-corrected chi connectivity index (χ0v) is 17.4. The molecule has 0 radical (unpaired) electrons. The van der Waals surface area contributed by atoms with E-state index in [1.807, 2.05) is 30.3 Å². The van der Waals surface area contributed by atoms with Gasteiger partial charge in [0.1, 0.15) is 12.4 Å². The average Bonchev–Trinajstić information content (AvgIpc) is 2.80. The molecule has 1 aliphatic carbocycles. The van der Waals surface area contributed by atoms with Crippen LogP contribution in [-0.4, -0.2) is 30.6 Å². The van der Waals surface area contributed by atoms with Gasteiger partial charge in [0, 0.05) is 10.5 Å². The largest absolute Gasteiger partial charge is 0.489 e. The Balaban J connectivity index is 1.67. The molecular formula is C23H26N4O4. The lowest BCUT2D eigenvalue weighted by Gasteiger charge is -2.35. The molecule has 1 aliphatic rings. The van der Waals surface area contributed by atoms with E-state index < -0.39 is 18.0 Å². The maximum Gasteiger partial charge on any atom is 0.311 e. The van der Waals surface area contributed by atoms with Gasteiger partial charge in [-0.2, -0.15) is 0 Å². The fourth-order valence-electron chi connectivity index (χ4n) is 3.76. The van der Waals surface area contributed by atoms with Crippen molar-refractivity contribution in [2.45, 2.75) is 44.9 Å². The van der Waals surface area contributed by atoms with Crippen molar-refractivity contribution in [3.63, 3.8) is 0 Å². The second-order valence-electron chi connectivity index (χ2n) is 7.36. The average molecular weight is 422 g/mol. The molecule has 3 unspecified atom stereocenters. The number of azide groups is 1. The van der Waals surface area contributed by atoms with E-state index >= 15 is 0 Å². The van der Waals surface area contributed by atoms with Crippen LogP contribution < -0.4 is 10.1 Å². The van der Waals surface area contributed by atoms with Gasteiger partial charge in [0.05, 0.1) is 24.6 Å². The maximum atomic E-state index is 12.8. The molecule has 2 aromatic carbocycles. The quantitative estimate of drug-likeness (QED) is 0.294. The fourth-order valence-corrected chi connectivity index (χ4v) is 3.76. The zero-order valence-electron chi connectivity index (χ0n) is 17.4. The van der Waals surface area contributed by atoms with Crippen LogP contribution in [0, 0.1) is 5.92 Å². The van der Waals surface area contributed by atoms with Crippen LogP contribution in [0.5, 0.6) is 5.75 Å². The summed E-state index contributed by atoms with van der Waals surface area (Å²) in [5.41, 5.74) is 10.4. The highest BCUT2D eigenvalue weighted by Gasteiger charge is 2.39. The molecule has 0 aromatic heterocycles. The first kappa shape index (κ1) is 22.2. The Morgan fingerprint density at radius 1 is 1.13 bits per heavy atom. The predicted molar refractivity (Wildman–Crippen MR) is 115 cm³/mol. The van der Waals surface area contributed by atoms with Gasteiger partial charge in [-0.25, -0.2) is 0 Å². The van der Waals surface area contributed by atoms with Gasteiger partial charge in [-0.3, -0.25) is 9.59 Å². The Morgan fingerprint density at radius 3 is 2.55 bits per heavy atom. The third-order valence-electron chi connectivity index (χ3n) is 5.31. The minimum Gasteiger partial charge on any atom is -0.489 e. The molecular weight excluding hydrogens is 396 g/mol. The number of nitrogens with zero attached hydrogens (tertiary/aromatic N) is 3. The molecule has 1 N–H and O–H groups in total. The molecule has 0 aliphatic heterocycles. The number of hydrogen-bond acceptors (Lipinski definition) is 5. The molecule has 2 aromatic rings. The predicted octanol–water partition coefficient (Wildman–Crippen LogP) is 4.41. The van der Waals surface area contributed by atoms with Gasteiger partial charge >= 0.3 is 5.97 Å². The van der Waals surface area contributed by atoms with E-state index in [4.69, 9.17) is 15.0 Å². The second-order valence-corrected chi connectivity index (χ2v) is 7.36. The van der Waals surface area contributed by atoms with Gasteiger partial charge in [0.2, 0.25) is 0 Å². The van der Waals surface area contributed by atoms with Crippen LogP contribution in [0.2, 0.25) is 0 Å². The van der Waals surface area contributed by atoms with Gasteiger partial charge < -0.3 is 14.8 Å². The second kappa shape index (κ2) is 11.0. The molecule has 162 valence electrons. The number of hydrogen-bond donors (Lipinski definition) is 1. The van der Waals surface area contributed by atoms with E-state index in [2.05, 4.69) is 15.3 Å². The van der Waals surface area contributed by atoms with Crippen molar-refractivity contribution in [2.75, 3.05) is 6.61 Å². The molecule has 0 spiro atoms. The summed E-state index contributed by atoms with van der Waals surface area (Å²) in [4.78, 5) is 28.1. The lowest BCUT2D eigenvalue weighted by molar-refractivity contribution is -0.150. The summed E-state index contributed by atoms with van der Waals surface area (Å²) in [5.74, 6) is -0.611. The van der Waals surface area contributed by atoms with Gasteiger partial charge in [-0.1, -0.05) is 41.9 Å². The van der Waals surface area contributed by atoms with Crippen LogP contribution in [0.15, 0.2) is 59.7 Å². The van der Waals surface area contributed by atoms with E-state index in [1.54, 1.807) is 31.2 Å². The van der Waals surface area contributed by atoms with E-state index in [-0.39, 0.29) is 18.5 Å². The fraction of sp³-hybridized carbons (Fsp3) is 0.391. The van der Waals surface area contributed by atoms with Crippen LogP contribution in [-0.2, 0) is 16.1 Å². The number of amides is 1.